The van der Waals surface area contributed by atoms with Crippen molar-refractivity contribution in [1.82, 2.24) is 15.2 Å². The van der Waals surface area contributed by atoms with E-state index in [1.807, 2.05) is 55.5 Å². The Morgan fingerprint density at radius 1 is 0.889 bits per heavy atom. The standard InChI is InChI=1S/C20H22N6O/c1-14-2-4-15(5-3-14)18-19(27)22-20(24-23-18)26-12-10-25(11-13-26)17-8-6-16(21)7-9-17/h2-9H,10-13,21H2,1H3,(H,22,24,27). The van der Waals surface area contributed by atoms with Crippen molar-refractivity contribution < 1.29 is 0 Å². The number of nitrogen functional groups attached to an aromatic ring is 1. The van der Waals surface area contributed by atoms with Gasteiger partial charge in [-0.3, -0.25) is 9.78 Å². The summed E-state index contributed by atoms with van der Waals surface area (Å²) in [6.07, 6.45) is 0. The average Bonchev–Trinajstić information content (AvgIpc) is 2.69. The molecular weight excluding hydrogens is 340 g/mol. The summed E-state index contributed by atoms with van der Waals surface area (Å²) in [5.41, 5.74) is 9.71. The number of aryl methyl sites for hydroxylation is 1. The molecule has 0 radical (unpaired) electrons. The van der Waals surface area contributed by atoms with E-state index in [1.54, 1.807) is 0 Å². The Labute approximate surface area is 157 Å². The second kappa shape index (κ2) is 7.11. The number of H-pyrrole nitrogens is 1. The van der Waals surface area contributed by atoms with Gasteiger partial charge in [0.2, 0.25) is 5.95 Å². The predicted octanol–water partition coefficient (Wildman–Crippen LogP) is 2.05. The SMILES string of the molecule is Cc1ccc(-c2nnc(N3CCN(c4ccc(N)cc4)CC3)[nH]c2=O)cc1. The smallest absolute Gasteiger partial charge is 0.279 e. The molecule has 1 saturated heterocycles. The van der Waals surface area contributed by atoms with Gasteiger partial charge in [-0.25, -0.2) is 0 Å². The highest BCUT2D eigenvalue weighted by atomic mass is 16.1. The summed E-state index contributed by atoms with van der Waals surface area (Å²) in [5.74, 6) is 0.521. The maximum absolute atomic E-state index is 12.5. The van der Waals surface area contributed by atoms with Gasteiger partial charge >= 0.3 is 0 Å². The van der Waals surface area contributed by atoms with Crippen LogP contribution in [0.2, 0.25) is 0 Å². The van der Waals surface area contributed by atoms with Crippen LogP contribution < -0.4 is 21.1 Å². The number of aromatic amines is 1. The lowest BCUT2D eigenvalue weighted by atomic mass is 10.1. The Hall–Kier alpha value is -3.35. The lowest BCUT2D eigenvalue weighted by Crippen LogP contribution is -2.47. The first-order valence-electron chi connectivity index (χ1n) is 8.99. The zero-order valence-electron chi connectivity index (χ0n) is 15.2. The van der Waals surface area contributed by atoms with Crippen LogP contribution in [-0.2, 0) is 0 Å². The van der Waals surface area contributed by atoms with Crippen LogP contribution in [0.5, 0.6) is 0 Å². The maximum Gasteiger partial charge on any atom is 0.279 e. The van der Waals surface area contributed by atoms with Gasteiger partial charge in [-0.05, 0) is 31.2 Å². The molecule has 1 fully saturated rings. The van der Waals surface area contributed by atoms with E-state index in [0.29, 0.717) is 11.6 Å². The van der Waals surface area contributed by atoms with Gasteiger partial charge in [-0.15, -0.1) is 10.2 Å². The molecule has 0 bridgehead atoms. The third kappa shape index (κ3) is 3.62. The summed E-state index contributed by atoms with van der Waals surface area (Å²) in [6.45, 7) is 5.21. The van der Waals surface area contributed by atoms with E-state index in [4.69, 9.17) is 5.73 Å². The Kier molecular flexibility index (Phi) is 4.50. The fraction of sp³-hybridized carbons (Fsp3) is 0.250. The van der Waals surface area contributed by atoms with Crippen molar-refractivity contribution in [2.24, 2.45) is 0 Å². The second-order valence-corrected chi connectivity index (χ2v) is 6.76. The van der Waals surface area contributed by atoms with Gasteiger partial charge in [0.15, 0.2) is 5.69 Å². The molecule has 1 aliphatic rings. The monoisotopic (exact) mass is 362 g/mol. The third-order valence-electron chi connectivity index (χ3n) is 4.85. The zero-order chi connectivity index (χ0) is 18.8. The number of nitrogens with two attached hydrogens (primary N) is 1. The van der Waals surface area contributed by atoms with E-state index < -0.39 is 0 Å². The van der Waals surface area contributed by atoms with Gasteiger partial charge < -0.3 is 15.5 Å². The van der Waals surface area contributed by atoms with Crippen LogP contribution in [0.4, 0.5) is 17.3 Å². The third-order valence-corrected chi connectivity index (χ3v) is 4.85. The van der Waals surface area contributed by atoms with Crippen molar-refractivity contribution in [3.63, 3.8) is 0 Å². The van der Waals surface area contributed by atoms with E-state index in [0.717, 1.165) is 48.7 Å². The van der Waals surface area contributed by atoms with Crippen molar-refractivity contribution in [1.29, 1.82) is 0 Å². The van der Waals surface area contributed by atoms with Crippen LogP contribution in [0, 0.1) is 6.92 Å². The molecule has 3 N–H and O–H groups in total. The molecule has 0 unspecified atom stereocenters. The predicted molar refractivity (Wildman–Crippen MR) is 108 cm³/mol. The molecule has 4 rings (SSSR count). The molecule has 0 atom stereocenters. The summed E-state index contributed by atoms with van der Waals surface area (Å²) in [4.78, 5) is 19.7. The Morgan fingerprint density at radius 2 is 1.52 bits per heavy atom. The molecule has 2 heterocycles. The molecule has 7 heteroatoms. The lowest BCUT2D eigenvalue weighted by molar-refractivity contribution is 0.634. The number of hydrogen-bond donors (Lipinski definition) is 2. The first-order valence-corrected chi connectivity index (χ1v) is 8.99. The van der Waals surface area contributed by atoms with Crippen LogP contribution in [0.1, 0.15) is 5.56 Å². The Balaban J connectivity index is 1.47. The highest BCUT2D eigenvalue weighted by Gasteiger charge is 2.20. The van der Waals surface area contributed by atoms with Crippen LogP contribution >= 0.6 is 0 Å². The van der Waals surface area contributed by atoms with Crippen LogP contribution in [-0.4, -0.2) is 41.4 Å². The van der Waals surface area contributed by atoms with Crippen molar-refractivity contribution in [2.45, 2.75) is 6.92 Å². The van der Waals surface area contributed by atoms with E-state index in [2.05, 4.69) is 25.0 Å². The topological polar surface area (TPSA) is 91.1 Å². The molecule has 0 amide bonds. The molecule has 7 nitrogen and oxygen atoms in total. The van der Waals surface area contributed by atoms with Crippen molar-refractivity contribution >= 4 is 17.3 Å². The lowest BCUT2D eigenvalue weighted by Gasteiger charge is -2.36. The van der Waals surface area contributed by atoms with E-state index in [-0.39, 0.29) is 5.56 Å². The average molecular weight is 362 g/mol. The van der Waals surface area contributed by atoms with Gasteiger partial charge in [0.05, 0.1) is 0 Å². The number of aromatic nitrogens is 3. The van der Waals surface area contributed by atoms with E-state index in [9.17, 15) is 4.79 Å². The number of rotatable bonds is 3. The number of anilines is 3. The quantitative estimate of drug-likeness (QED) is 0.693. The fourth-order valence-corrected chi connectivity index (χ4v) is 3.23. The van der Waals surface area contributed by atoms with E-state index >= 15 is 0 Å². The summed E-state index contributed by atoms with van der Waals surface area (Å²) >= 11 is 0. The summed E-state index contributed by atoms with van der Waals surface area (Å²) < 4.78 is 0. The van der Waals surface area contributed by atoms with Crippen molar-refractivity contribution in [3.8, 4) is 11.3 Å². The Bertz CT molecular complexity index is 973. The highest BCUT2D eigenvalue weighted by molar-refractivity contribution is 5.58. The molecule has 1 aliphatic heterocycles. The first kappa shape index (κ1) is 17.1. The zero-order valence-corrected chi connectivity index (χ0v) is 15.2. The summed E-state index contributed by atoms with van der Waals surface area (Å²) in [6, 6.07) is 15.6. The summed E-state index contributed by atoms with van der Waals surface area (Å²) in [5, 5.41) is 8.43. The number of benzene rings is 2. The highest BCUT2D eigenvalue weighted by Crippen LogP contribution is 2.20. The van der Waals surface area contributed by atoms with Gasteiger partial charge in [-0.2, -0.15) is 0 Å². The molecule has 3 aromatic rings. The van der Waals surface area contributed by atoms with Crippen LogP contribution in [0.15, 0.2) is 53.3 Å². The van der Waals surface area contributed by atoms with Crippen LogP contribution in [0.25, 0.3) is 11.3 Å². The van der Waals surface area contributed by atoms with E-state index in [1.165, 1.54) is 0 Å². The van der Waals surface area contributed by atoms with Gasteiger partial charge in [0, 0.05) is 43.1 Å². The normalized spacial score (nSPS) is 14.4. The molecule has 0 saturated carbocycles. The molecular formula is C20H22N6O. The fourth-order valence-electron chi connectivity index (χ4n) is 3.23. The minimum Gasteiger partial charge on any atom is -0.399 e. The second-order valence-electron chi connectivity index (χ2n) is 6.76. The minimum absolute atomic E-state index is 0.218. The van der Waals surface area contributed by atoms with Gasteiger partial charge in [0.1, 0.15) is 0 Å². The molecule has 0 aliphatic carbocycles. The van der Waals surface area contributed by atoms with Gasteiger partial charge in [0.25, 0.3) is 5.56 Å². The number of nitrogens with one attached hydrogen (secondary N) is 1. The maximum atomic E-state index is 12.5. The Morgan fingerprint density at radius 3 is 2.15 bits per heavy atom. The number of piperazine rings is 1. The summed E-state index contributed by atoms with van der Waals surface area (Å²) in [7, 11) is 0. The molecule has 1 aromatic heterocycles. The molecule has 27 heavy (non-hydrogen) atoms. The number of hydrogen-bond acceptors (Lipinski definition) is 6. The molecule has 0 spiro atoms. The largest absolute Gasteiger partial charge is 0.399 e. The van der Waals surface area contributed by atoms with Gasteiger partial charge in [-0.1, -0.05) is 29.8 Å². The minimum atomic E-state index is -0.218. The molecule has 2 aromatic carbocycles. The van der Waals surface area contributed by atoms with Crippen molar-refractivity contribution in [2.75, 3.05) is 41.7 Å². The van der Waals surface area contributed by atoms with Crippen LogP contribution in [0.3, 0.4) is 0 Å². The molecule has 138 valence electrons. The van der Waals surface area contributed by atoms with Crippen molar-refractivity contribution in [3.05, 3.63) is 64.4 Å². The first-order chi connectivity index (χ1) is 13.1. The number of nitrogens with zero attached hydrogens (tertiary/aromatic N) is 4.